The first-order valence-electron chi connectivity index (χ1n) is 15.6. The summed E-state index contributed by atoms with van der Waals surface area (Å²) in [5, 5.41) is 8.66. The Labute approximate surface area is 258 Å². The lowest BCUT2D eigenvalue weighted by molar-refractivity contribution is -0.144. The van der Waals surface area contributed by atoms with Gasteiger partial charge < -0.3 is 25.0 Å². The summed E-state index contributed by atoms with van der Waals surface area (Å²) in [7, 11) is 3.32. The van der Waals surface area contributed by atoms with Crippen LogP contribution in [-0.4, -0.2) is 97.0 Å². The maximum Gasteiger partial charge on any atom is 0.246 e. The number of nitrogens with one attached hydrogen (secondary N) is 2. The highest BCUT2D eigenvalue weighted by atomic mass is 32.1. The van der Waals surface area contributed by atoms with E-state index in [2.05, 4.69) is 15.5 Å². The molecule has 0 bridgehead atoms. The number of fused-ring (bicyclic) bond motifs is 1. The number of rotatable bonds is 11. The van der Waals surface area contributed by atoms with Gasteiger partial charge in [0.25, 0.3) is 0 Å². The molecular formula is C32H45N5O5S. The Kier molecular flexibility index (Phi) is 10.5. The molecule has 11 heteroatoms. The SMILES string of the molecule is CCO[C@@H]1C[C@@H]2CN(C(=O)[C@@H](NC(=O)[C@H](C)NC)C3CCCCC3)[C@H](c3nc(C(=O)c4cccc(OC)c4)cs3)CN2C1. The lowest BCUT2D eigenvalue weighted by Gasteiger charge is -2.45. The number of aromatic nitrogens is 1. The fourth-order valence-electron chi connectivity index (χ4n) is 6.73. The maximum atomic E-state index is 14.6. The van der Waals surface area contributed by atoms with Crippen LogP contribution >= 0.6 is 11.3 Å². The number of likely N-dealkylation sites (N-methyl/N-ethyl adjacent to an activating group) is 1. The molecule has 2 saturated heterocycles. The van der Waals surface area contributed by atoms with Crippen LogP contribution in [0.3, 0.4) is 0 Å². The summed E-state index contributed by atoms with van der Waals surface area (Å²) in [5.41, 5.74) is 0.863. The van der Waals surface area contributed by atoms with Crippen molar-refractivity contribution in [3.8, 4) is 5.75 Å². The van der Waals surface area contributed by atoms with Crippen LogP contribution in [-0.2, 0) is 14.3 Å². The Balaban J connectivity index is 1.45. The average molecular weight is 612 g/mol. The molecule has 2 aromatic rings. The fraction of sp³-hybridized carbons (Fsp3) is 0.625. The highest BCUT2D eigenvalue weighted by Crippen LogP contribution is 2.37. The number of piperazine rings is 1. The monoisotopic (exact) mass is 611 g/mol. The quantitative estimate of drug-likeness (QED) is 0.372. The molecule has 1 aliphatic carbocycles. The topological polar surface area (TPSA) is 113 Å². The molecule has 3 aliphatic rings. The minimum Gasteiger partial charge on any atom is -0.497 e. The second-order valence-corrected chi connectivity index (χ2v) is 12.8. The summed E-state index contributed by atoms with van der Waals surface area (Å²) in [6, 6.07) is 5.90. The number of methoxy groups -OCH3 is 1. The molecule has 1 saturated carbocycles. The fourth-order valence-corrected chi connectivity index (χ4v) is 7.63. The van der Waals surface area contributed by atoms with E-state index in [9.17, 15) is 14.4 Å². The largest absolute Gasteiger partial charge is 0.497 e. The molecule has 43 heavy (non-hydrogen) atoms. The molecule has 2 amide bonds. The molecule has 10 nitrogen and oxygen atoms in total. The van der Waals surface area contributed by atoms with Gasteiger partial charge in [-0.2, -0.15) is 0 Å². The van der Waals surface area contributed by atoms with Gasteiger partial charge in [0.15, 0.2) is 0 Å². The number of thiazole rings is 1. The van der Waals surface area contributed by atoms with Crippen LogP contribution in [0.1, 0.15) is 79.5 Å². The minimum atomic E-state index is -0.598. The molecule has 2 aliphatic heterocycles. The van der Waals surface area contributed by atoms with Crippen molar-refractivity contribution in [3.63, 3.8) is 0 Å². The molecule has 5 atom stereocenters. The van der Waals surface area contributed by atoms with Gasteiger partial charge in [0, 0.05) is 43.2 Å². The van der Waals surface area contributed by atoms with Gasteiger partial charge in [-0.05, 0) is 58.2 Å². The van der Waals surface area contributed by atoms with E-state index >= 15 is 0 Å². The Morgan fingerprint density at radius 1 is 1.14 bits per heavy atom. The normalized spacial score (nSPS) is 24.3. The van der Waals surface area contributed by atoms with Crippen molar-refractivity contribution in [1.82, 2.24) is 25.4 Å². The van der Waals surface area contributed by atoms with Gasteiger partial charge in [0.05, 0.1) is 25.3 Å². The predicted octanol–water partition coefficient (Wildman–Crippen LogP) is 3.42. The Morgan fingerprint density at radius 2 is 1.93 bits per heavy atom. The lowest BCUT2D eigenvalue weighted by Crippen LogP contribution is -2.61. The van der Waals surface area contributed by atoms with Crippen molar-refractivity contribution in [2.24, 2.45) is 5.92 Å². The second kappa shape index (κ2) is 14.3. The van der Waals surface area contributed by atoms with Crippen LogP contribution in [0.15, 0.2) is 29.6 Å². The van der Waals surface area contributed by atoms with Crippen molar-refractivity contribution in [2.45, 2.75) is 82.6 Å². The zero-order chi connectivity index (χ0) is 30.5. The molecule has 3 heterocycles. The summed E-state index contributed by atoms with van der Waals surface area (Å²) in [4.78, 5) is 50.2. The number of amides is 2. The van der Waals surface area contributed by atoms with E-state index in [1.54, 1.807) is 43.8 Å². The first kappa shape index (κ1) is 31.6. The number of nitrogens with zero attached hydrogens (tertiary/aromatic N) is 3. The summed E-state index contributed by atoms with van der Waals surface area (Å²) >= 11 is 1.41. The van der Waals surface area contributed by atoms with E-state index < -0.39 is 12.1 Å². The van der Waals surface area contributed by atoms with Crippen LogP contribution in [0.5, 0.6) is 5.75 Å². The molecular weight excluding hydrogens is 566 g/mol. The molecule has 0 spiro atoms. The molecule has 1 aromatic heterocycles. The van der Waals surface area contributed by atoms with Crippen LogP contribution in [0.2, 0.25) is 0 Å². The smallest absolute Gasteiger partial charge is 0.246 e. The van der Waals surface area contributed by atoms with Gasteiger partial charge >= 0.3 is 0 Å². The summed E-state index contributed by atoms with van der Waals surface area (Å²) < 4.78 is 11.3. The number of carbonyl (C=O) groups is 3. The highest BCUT2D eigenvalue weighted by Gasteiger charge is 2.46. The zero-order valence-electron chi connectivity index (χ0n) is 25.7. The Hall–Kier alpha value is -2.86. The van der Waals surface area contributed by atoms with E-state index in [-0.39, 0.29) is 41.7 Å². The number of carbonyl (C=O) groups excluding carboxylic acids is 3. The molecule has 5 rings (SSSR count). The summed E-state index contributed by atoms with van der Waals surface area (Å²) in [6.45, 7) is 6.42. The Bertz CT molecular complexity index is 1280. The van der Waals surface area contributed by atoms with Crippen LogP contribution in [0.4, 0.5) is 0 Å². The van der Waals surface area contributed by atoms with E-state index in [0.29, 0.717) is 36.7 Å². The third kappa shape index (κ3) is 7.11. The van der Waals surface area contributed by atoms with E-state index in [1.165, 1.54) is 11.3 Å². The van der Waals surface area contributed by atoms with Gasteiger partial charge in [-0.1, -0.05) is 31.4 Å². The van der Waals surface area contributed by atoms with Gasteiger partial charge in [-0.3, -0.25) is 19.3 Å². The van der Waals surface area contributed by atoms with E-state index in [1.807, 2.05) is 18.7 Å². The third-order valence-corrected chi connectivity index (χ3v) is 10.2. The van der Waals surface area contributed by atoms with Crippen LogP contribution in [0, 0.1) is 5.92 Å². The number of ether oxygens (including phenoxy) is 2. The number of benzene rings is 1. The van der Waals surface area contributed by atoms with E-state index in [4.69, 9.17) is 14.5 Å². The van der Waals surface area contributed by atoms with Gasteiger partial charge in [0.1, 0.15) is 22.5 Å². The zero-order valence-corrected chi connectivity index (χ0v) is 26.5. The van der Waals surface area contributed by atoms with Crippen molar-refractivity contribution in [3.05, 3.63) is 45.9 Å². The molecule has 3 fully saturated rings. The molecule has 2 N–H and O–H groups in total. The van der Waals surface area contributed by atoms with Crippen LogP contribution < -0.4 is 15.4 Å². The standard InChI is InChI=1S/C32H45N5O5S/c1-5-42-25-15-23-16-37(32(40)28(21-10-7-6-8-11-21)35-30(39)20(2)33-3)27(18-36(23)17-25)31-34-26(19-43-31)29(38)22-12-9-13-24(14-22)41-4/h9,12-14,19-21,23,25,27-28,33H,5-8,10-11,15-18H2,1-4H3,(H,35,39)/t20-,23+,25+,27-,28-/m0/s1. The van der Waals surface area contributed by atoms with Crippen molar-refractivity contribution in [2.75, 3.05) is 40.4 Å². The predicted molar refractivity (Wildman–Crippen MR) is 165 cm³/mol. The molecule has 0 radical (unpaired) electrons. The van der Waals surface area contributed by atoms with Gasteiger partial charge in [-0.25, -0.2) is 4.98 Å². The average Bonchev–Trinajstić information content (AvgIpc) is 3.69. The Morgan fingerprint density at radius 3 is 2.65 bits per heavy atom. The first-order chi connectivity index (χ1) is 20.8. The van der Waals surface area contributed by atoms with Gasteiger partial charge in [-0.15, -0.1) is 11.3 Å². The highest BCUT2D eigenvalue weighted by molar-refractivity contribution is 7.10. The summed E-state index contributed by atoms with van der Waals surface area (Å²) in [6.07, 6.45) is 6.09. The third-order valence-electron chi connectivity index (χ3n) is 9.25. The second-order valence-electron chi connectivity index (χ2n) is 12.0. The van der Waals surface area contributed by atoms with Crippen molar-refractivity contribution >= 4 is 28.9 Å². The lowest BCUT2D eigenvalue weighted by atomic mass is 9.82. The van der Waals surface area contributed by atoms with Gasteiger partial charge in [0.2, 0.25) is 17.6 Å². The van der Waals surface area contributed by atoms with E-state index in [0.717, 1.165) is 50.1 Å². The minimum absolute atomic E-state index is 0.0519. The number of hydrogen-bond acceptors (Lipinski definition) is 9. The molecule has 0 unspecified atom stereocenters. The van der Waals surface area contributed by atoms with Crippen molar-refractivity contribution in [1.29, 1.82) is 0 Å². The van der Waals surface area contributed by atoms with Crippen molar-refractivity contribution < 1.29 is 23.9 Å². The van der Waals surface area contributed by atoms with Crippen LogP contribution in [0.25, 0.3) is 0 Å². The molecule has 1 aromatic carbocycles. The summed E-state index contributed by atoms with van der Waals surface area (Å²) in [5.74, 6) is 0.300. The number of ketones is 1. The number of hydrogen-bond donors (Lipinski definition) is 2. The maximum absolute atomic E-state index is 14.6. The first-order valence-corrected chi connectivity index (χ1v) is 16.5. The molecule has 234 valence electrons.